The summed E-state index contributed by atoms with van der Waals surface area (Å²) >= 11 is 0. The van der Waals surface area contributed by atoms with Crippen LogP contribution >= 0.6 is 0 Å². The molecule has 0 aliphatic heterocycles. The maximum atomic E-state index is 11.7. The summed E-state index contributed by atoms with van der Waals surface area (Å²) in [6, 6.07) is 0. The van der Waals surface area contributed by atoms with Gasteiger partial charge >= 0.3 is 0 Å². The van der Waals surface area contributed by atoms with Gasteiger partial charge in [0.05, 0.1) is 0 Å². The van der Waals surface area contributed by atoms with Gasteiger partial charge < -0.3 is 0 Å². The van der Waals surface area contributed by atoms with E-state index in [2.05, 4.69) is 10.2 Å². The zero-order valence-electron chi connectivity index (χ0n) is 12.5. The monoisotopic (exact) mass is 300 g/mol. The molecule has 0 bridgehead atoms. The van der Waals surface area contributed by atoms with Gasteiger partial charge in [-0.05, 0) is 26.7 Å². The van der Waals surface area contributed by atoms with Crippen molar-refractivity contribution in [3.8, 4) is 0 Å². The normalized spacial score (nSPS) is 18.4. The van der Waals surface area contributed by atoms with Crippen LogP contribution in [0.5, 0.6) is 0 Å². The van der Waals surface area contributed by atoms with Crippen LogP contribution in [0.1, 0.15) is 58.7 Å². The Morgan fingerprint density at radius 1 is 1.20 bits per heavy atom. The minimum atomic E-state index is -3.85. The van der Waals surface area contributed by atoms with E-state index < -0.39 is 15.6 Å². The summed E-state index contributed by atoms with van der Waals surface area (Å²) < 4.78 is 25.0. The number of primary sulfonamides is 1. The van der Waals surface area contributed by atoms with Crippen LogP contribution in [0, 0.1) is 5.92 Å². The molecule has 0 atom stereocenters. The number of aromatic nitrogens is 3. The van der Waals surface area contributed by atoms with Crippen LogP contribution in [0.25, 0.3) is 0 Å². The first-order valence-corrected chi connectivity index (χ1v) is 8.72. The molecular weight excluding hydrogens is 276 g/mol. The van der Waals surface area contributed by atoms with Crippen molar-refractivity contribution in [2.75, 3.05) is 0 Å². The van der Waals surface area contributed by atoms with Crippen molar-refractivity contribution in [1.82, 2.24) is 14.8 Å². The zero-order chi connectivity index (χ0) is 15.0. The summed E-state index contributed by atoms with van der Waals surface area (Å²) in [5.41, 5.74) is -0.407. The highest BCUT2D eigenvalue weighted by atomic mass is 32.2. The first-order valence-electron chi connectivity index (χ1n) is 7.17. The molecule has 114 valence electrons. The second-order valence-electron chi connectivity index (χ2n) is 6.66. The van der Waals surface area contributed by atoms with Crippen molar-refractivity contribution in [3.05, 3.63) is 5.82 Å². The third-order valence-corrected chi connectivity index (χ3v) is 4.59. The topological polar surface area (TPSA) is 90.9 Å². The lowest BCUT2D eigenvalue weighted by molar-refractivity contribution is 0.314. The molecule has 1 saturated carbocycles. The van der Waals surface area contributed by atoms with Crippen molar-refractivity contribution in [1.29, 1.82) is 0 Å². The smallest absolute Gasteiger partial charge is 0.273 e. The number of nitrogens with zero attached hydrogens (tertiary/aromatic N) is 3. The number of hydrogen-bond donors (Lipinski definition) is 1. The van der Waals surface area contributed by atoms with E-state index in [1.54, 1.807) is 4.57 Å². The Labute approximate surface area is 120 Å². The van der Waals surface area contributed by atoms with Crippen molar-refractivity contribution in [3.63, 3.8) is 0 Å². The Kier molecular flexibility index (Phi) is 4.20. The highest BCUT2D eigenvalue weighted by Crippen LogP contribution is 2.29. The number of hydrogen-bond acceptors (Lipinski definition) is 4. The van der Waals surface area contributed by atoms with E-state index in [0.29, 0.717) is 5.92 Å². The van der Waals surface area contributed by atoms with Gasteiger partial charge in [-0.2, -0.15) is 0 Å². The van der Waals surface area contributed by atoms with Gasteiger partial charge in [0.25, 0.3) is 15.2 Å². The summed E-state index contributed by atoms with van der Waals surface area (Å²) in [7, 11) is -3.85. The van der Waals surface area contributed by atoms with Crippen LogP contribution in [0.15, 0.2) is 5.16 Å². The molecular formula is C13H24N4O2S. The second kappa shape index (κ2) is 5.44. The van der Waals surface area contributed by atoms with Gasteiger partial charge in [0.1, 0.15) is 5.82 Å². The first-order chi connectivity index (χ1) is 9.19. The Balaban J connectivity index is 2.36. The Bertz CT molecular complexity index is 566. The summed E-state index contributed by atoms with van der Waals surface area (Å²) in [6.07, 6.45) is 6.93. The average Bonchev–Trinajstić information content (AvgIpc) is 2.73. The molecule has 1 aromatic rings. The van der Waals surface area contributed by atoms with Crippen LogP contribution in [0.2, 0.25) is 0 Å². The van der Waals surface area contributed by atoms with E-state index >= 15 is 0 Å². The molecule has 1 aliphatic rings. The minimum absolute atomic E-state index is 0.129. The van der Waals surface area contributed by atoms with Crippen LogP contribution < -0.4 is 5.14 Å². The fraction of sp³-hybridized carbons (Fsp3) is 0.846. The second-order valence-corrected chi connectivity index (χ2v) is 8.11. The zero-order valence-corrected chi connectivity index (χ0v) is 13.3. The molecule has 2 N–H and O–H groups in total. The molecule has 0 spiro atoms. The minimum Gasteiger partial charge on any atom is -0.295 e. The van der Waals surface area contributed by atoms with Crippen molar-refractivity contribution >= 4 is 10.0 Å². The van der Waals surface area contributed by atoms with Gasteiger partial charge in [-0.3, -0.25) is 4.57 Å². The largest absolute Gasteiger partial charge is 0.295 e. The summed E-state index contributed by atoms with van der Waals surface area (Å²) in [5, 5.41) is 13.0. The SMILES string of the molecule is CC(C)(C)n1c(CC2CCCCC2)nnc1S(N)(=O)=O. The predicted octanol–water partition coefficient (Wildman–Crippen LogP) is 1.80. The fourth-order valence-corrected chi connectivity index (χ4v) is 3.73. The van der Waals surface area contributed by atoms with E-state index in [9.17, 15) is 8.42 Å². The average molecular weight is 300 g/mol. The first kappa shape index (κ1) is 15.4. The Hall–Kier alpha value is -0.950. The fourth-order valence-electron chi connectivity index (χ4n) is 2.94. The predicted molar refractivity (Wildman–Crippen MR) is 76.7 cm³/mol. The molecule has 0 unspecified atom stereocenters. The van der Waals surface area contributed by atoms with E-state index in [-0.39, 0.29) is 5.16 Å². The lowest BCUT2D eigenvalue weighted by Gasteiger charge is -2.27. The van der Waals surface area contributed by atoms with E-state index in [4.69, 9.17) is 5.14 Å². The van der Waals surface area contributed by atoms with Gasteiger partial charge in [0, 0.05) is 12.0 Å². The van der Waals surface area contributed by atoms with Gasteiger partial charge in [0.2, 0.25) is 0 Å². The number of nitrogens with two attached hydrogens (primary N) is 1. The third-order valence-electron chi connectivity index (χ3n) is 3.82. The van der Waals surface area contributed by atoms with Crippen LogP contribution in [-0.2, 0) is 22.0 Å². The number of rotatable bonds is 3. The van der Waals surface area contributed by atoms with E-state index in [1.165, 1.54) is 32.1 Å². The summed E-state index contributed by atoms with van der Waals surface area (Å²) in [6.45, 7) is 5.82. The molecule has 0 radical (unpaired) electrons. The molecule has 2 rings (SSSR count). The molecule has 0 amide bonds. The van der Waals surface area contributed by atoms with Crippen molar-refractivity contribution in [2.45, 2.75) is 70.0 Å². The van der Waals surface area contributed by atoms with Gasteiger partial charge in [0.15, 0.2) is 0 Å². The van der Waals surface area contributed by atoms with Gasteiger partial charge in [-0.15, -0.1) is 10.2 Å². The third kappa shape index (κ3) is 3.38. The molecule has 0 saturated heterocycles. The molecule has 1 fully saturated rings. The maximum absolute atomic E-state index is 11.7. The van der Waals surface area contributed by atoms with Gasteiger partial charge in [-0.1, -0.05) is 32.1 Å². The lowest BCUT2D eigenvalue weighted by atomic mass is 9.86. The molecule has 1 heterocycles. The Morgan fingerprint density at radius 3 is 2.30 bits per heavy atom. The van der Waals surface area contributed by atoms with E-state index in [1.807, 2.05) is 20.8 Å². The molecule has 6 nitrogen and oxygen atoms in total. The standard InChI is InChI=1S/C13H24N4O2S/c1-13(2,3)17-11(9-10-7-5-4-6-8-10)15-16-12(17)20(14,18)19/h10H,4-9H2,1-3H3,(H2,14,18,19). The maximum Gasteiger partial charge on any atom is 0.273 e. The molecule has 0 aromatic carbocycles. The summed E-state index contributed by atoms with van der Waals surface area (Å²) in [4.78, 5) is 0. The van der Waals surface area contributed by atoms with Crippen LogP contribution in [0.4, 0.5) is 0 Å². The van der Waals surface area contributed by atoms with Crippen LogP contribution in [0.3, 0.4) is 0 Å². The van der Waals surface area contributed by atoms with E-state index in [0.717, 1.165) is 12.2 Å². The van der Waals surface area contributed by atoms with Crippen molar-refractivity contribution < 1.29 is 8.42 Å². The number of sulfonamides is 1. The molecule has 1 aliphatic carbocycles. The Morgan fingerprint density at radius 2 is 1.80 bits per heavy atom. The summed E-state index contributed by atoms with van der Waals surface area (Å²) in [5.74, 6) is 1.30. The molecule has 7 heteroatoms. The lowest BCUT2D eigenvalue weighted by Crippen LogP contribution is -2.30. The van der Waals surface area contributed by atoms with Crippen molar-refractivity contribution in [2.24, 2.45) is 11.1 Å². The quantitative estimate of drug-likeness (QED) is 0.921. The van der Waals surface area contributed by atoms with Crippen LogP contribution in [-0.4, -0.2) is 23.2 Å². The molecule has 20 heavy (non-hydrogen) atoms. The highest BCUT2D eigenvalue weighted by Gasteiger charge is 2.29. The highest BCUT2D eigenvalue weighted by molar-refractivity contribution is 7.89. The van der Waals surface area contributed by atoms with Gasteiger partial charge in [-0.25, -0.2) is 13.6 Å². The molecule has 1 aromatic heterocycles.